The van der Waals surface area contributed by atoms with Crippen molar-refractivity contribution in [1.82, 2.24) is 24.8 Å². The highest BCUT2D eigenvalue weighted by Gasteiger charge is 2.32. The Morgan fingerprint density at radius 2 is 1.93 bits per heavy atom. The first kappa shape index (κ1) is 18.4. The van der Waals surface area contributed by atoms with Crippen LogP contribution < -0.4 is 4.90 Å². The first-order valence-corrected chi connectivity index (χ1v) is 9.29. The Hall–Kier alpha value is -3.93. The highest BCUT2D eigenvalue weighted by molar-refractivity contribution is 6.51. The molecule has 1 aromatic carbocycles. The molecule has 3 heterocycles. The molecular formula is C20H19N9. The van der Waals surface area contributed by atoms with Gasteiger partial charge < -0.3 is 9.74 Å². The van der Waals surface area contributed by atoms with Gasteiger partial charge in [0.1, 0.15) is 11.4 Å². The molecule has 0 spiro atoms. The summed E-state index contributed by atoms with van der Waals surface area (Å²) in [6.45, 7) is 15.6. The van der Waals surface area contributed by atoms with E-state index >= 15 is 0 Å². The van der Waals surface area contributed by atoms with Gasteiger partial charge in [0.2, 0.25) is 11.6 Å². The van der Waals surface area contributed by atoms with E-state index in [-0.39, 0.29) is 5.84 Å². The molecule has 9 nitrogen and oxygen atoms in total. The van der Waals surface area contributed by atoms with Gasteiger partial charge in [-0.05, 0) is 49.6 Å². The molecule has 0 unspecified atom stereocenters. The molecular weight excluding hydrogens is 366 g/mol. The summed E-state index contributed by atoms with van der Waals surface area (Å²) in [7, 11) is 0. The van der Waals surface area contributed by atoms with Crippen molar-refractivity contribution < 1.29 is 0 Å². The van der Waals surface area contributed by atoms with Crippen LogP contribution in [0.3, 0.4) is 0 Å². The van der Waals surface area contributed by atoms with Crippen molar-refractivity contribution in [2.45, 2.75) is 20.8 Å². The van der Waals surface area contributed by atoms with Gasteiger partial charge in [-0.1, -0.05) is 6.57 Å². The summed E-state index contributed by atoms with van der Waals surface area (Å²) in [5.41, 5.74) is 3.86. The van der Waals surface area contributed by atoms with Gasteiger partial charge in [-0.2, -0.15) is 0 Å². The lowest BCUT2D eigenvalue weighted by atomic mass is 10.1. The number of nitrogens with zero attached hydrogens (tertiary/aromatic N) is 9. The quantitative estimate of drug-likeness (QED) is 0.630. The van der Waals surface area contributed by atoms with Gasteiger partial charge in [-0.15, -0.1) is 14.9 Å². The molecule has 29 heavy (non-hydrogen) atoms. The zero-order valence-electron chi connectivity index (χ0n) is 16.4. The van der Waals surface area contributed by atoms with Crippen molar-refractivity contribution in [3.63, 3.8) is 0 Å². The molecule has 9 heteroatoms. The second-order valence-electron chi connectivity index (χ2n) is 6.39. The minimum absolute atomic E-state index is 0.173. The fraction of sp³-hybridized carbons (Fsp3) is 0.250. The summed E-state index contributed by atoms with van der Waals surface area (Å²) in [5.74, 6) is 1.02. The number of anilines is 1. The molecule has 0 atom stereocenters. The predicted molar refractivity (Wildman–Crippen MR) is 111 cm³/mol. The molecule has 0 saturated carbocycles. The molecule has 3 aromatic rings. The van der Waals surface area contributed by atoms with Crippen molar-refractivity contribution in [2.75, 3.05) is 18.0 Å². The van der Waals surface area contributed by atoms with E-state index in [1.54, 1.807) is 18.6 Å². The third-order valence-electron chi connectivity index (χ3n) is 4.70. The molecule has 0 N–H and O–H groups in total. The normalized spacial score (nSPS) is 13.9. The standard InChI is InChI=1S/C20H19N9/c1-5-28(6-2)14-7-8-15(13(3)11-14)24-17-18(21-4)27-29-19(25-26-20(17)29)16-12-22-9-10-23-16/h7-12H,5-6H2,1-3H3/b24-17-. The maximum atomic E-state index is 7.50. The van der Waals surface area contributed by atoms with Gasteiger partial charge >= 0.3 is 5.84 Å². The number of amidine groups is 1. The molecule has 2 aromatic heterocycles. The highest BCUT2D eigenvalue weighted by Crippen LogP contribution is 2.27. The Kier molecular flexibility index (Phi) is 4.83. The van der Waals surface area contributed by atoms with Crippen LogP contribution in [0.1, 0.15) is 25.2 Å². The predicted octanol–water partition coefficient (Wildman–Crippen LogP) is 3.11. The number of rotatable bonds is 5. The fourth-order valence-corrected chi connectivity index (χ4v) is 3.18. The van der Waals surface area contributed by atoms with Crippen molar-refractivity contribution in [3.8, 4) is 11.5 Å². The molecule has 4 rings (SSSR count). The van der Waals surface area contributed by atoms with Crippen molar-refractivity contribution >= 4 is 22.9 Å². The molecule has 0 saturated heterocycles. The van der Waals surface area contributed by atoms with Crippen LogP contribution in [0.15, 0.2) is 46.9 Å². The van der Waals surface area contributed by atoms with E-state index in [2.05, 4.69) is 54.9 Å². The number of benzene rings is 1. The van der Waals surface area contributed by atoms with E-state index in [1.165, 1.54) is 4.68 Å². The number of aromatic nitrogens is 5. The Bertz CT molecular complexity index is 1150. The van der Waals surface area contributed by atoms with E-state index in [4.69, 9.17) is 11.6 Å². The summed E-state index contributed by atoms with van der Waals surface area (Å²) in [6.07, 6.45) is 4.73. The number of aliphatic imine (C=N–C) groups is 1. The van der Waals surface area contributed by atoms with Crippen LogP contribution in [0.25, 0.3) is 16.4 Å². The first-order chi connectivity index (χ1) is 14.2. The number of hydrogen-bond donors (Lipinski definition) is 0. The van der Waals surface area contributed by atoms with Crippen LogP contribution in [0.4, 0.5) is 11.4 Å². The summed E-state index contributed by atoms with van der Waals surface area (Å²) in [4.78, 5) is 18.8. The van der Waals surface area contributed by atoms with Gasteiger partial charge in [-0.25, -0.2) is 4.98 Å². The Balaban J connectivity index is 1.76. The van der Waals surface area contributed by atoms with Gasteiger partial charge in [-0.3, -0.25) is 9.98 Å². The molecule has 0 aliphatic carbocycles. The second-order valence-corrected chi connectivity index (χ2v) is 6.39. The Labute approximate surface area is 168 Å². The maximum Gasteiger partial charge on any atom is 0.323 e. The molecule has 0 fully saturated rings. The first-order valence-electron chi connectivity index (χ1n) is 9.29. The van der Waals surface area contributed by atoms with E-state index < -0.39 is 0 Å². The van der Waals surface area contributed by atoms with Crippen molar-refractivity contribution in [1.29, 1.82) is 0 Å². The van der Waals surface area contributed by atoms with E-state index in [0.29, 0.717) is 23.1 Å². The Morgan fingerprint density at radius 1 is 1.14 bits per heavy atom. The van der Waals surface area contributed by atoms with E-state index in [1.807, 2.05) is 19.1 Å². The third-order valence-corrected chi connectivity index (χ3v) is 4.70. The largest absolute Gasteiger partial charge is 0.372 e. The van der Waals surface area contributed by atoms with Gasteiger partial charge in [0.25, 0.3) is 0 Å². The minimum Gasteiger partial charge on any atom is -0.372 e. The topological polar surface area (TPSA) is 88.8 Å². The summed E-state index contributed by atoms with van der Waals surface area (Å²) < 4.78 is 1.50. The van der Waals surface area contributed by atoms with Crippen LogP contribution in [0, 0.1) is 13.5 Å². The SMILES string of the molecule is [C-]#[N+]C1=Nn2c(nnc2-c2cnccn2)/C1=N\c1ccc(N(CC)CC)cc1C. The van der Waals surface area contributed by atoms with Crippen LogP contribution in [-0.4, -0.2) is 49.5 Å². The van der Waals surface area contributed by atoms with Gasteiger partial charge in [0.05, 0.1) is 11.9 Å². The molecule has 0 bridgehead atoms. The van der Waals surface area contributed by atoms with Crippen molar-refractivity contribution in [2.24, 2.45) is 10.1 Å². The third kappa shape index (κ3) is 3.25. The summed E-state index contributed by atoms with van der Waals surface area (Å²) in [6, 6.07) is 6.10. The molecule has 1 aliphatic rings. The lowest BCUT2D eigenvalue weighted by Gasteiger charge is -2.21. The Morgan fingerprint density at radius 3 is 2.59 bits per heavy atom. The number of hydrogen-bond acceptors (Lipinski definition) is 7. The lowest BCUT2D eigenvalue weighted by Crippen LogP contribution is -2.21. The van der Waals surface area contributed by atoms with Crippen LogP contribution >= 0.6 is 0 Å². The summed E-state index contributed by atoms with van der Waals surface area (Å²) in [5, 5.41) is 12.7. The zero-order chi connectivity index (χ0) is 20.4. The van der Waals surface area contributed by atoms with E-state index in [9.17, 15) is 0 Å². The second kappa shape index (κ2) is 7.59. The highest BCUT2D eigenvalue weighted by atomic mass is 15.5. The molecule has 144 valence electrons. The minimum atomic E-state index is 0.173. The molecule has 0 amide bonds. The summed E-state index contributed by atoms with van der Waals surface area (Å²) >= 11 is 0. The maximum absolute atomic E-state index is 7.50. The van der Waals surface area contributed by atoms with Crippen LogP contribution in [0.5, 0.6) is 0 Å². The van der Waals surface area contributed by atoms with Gasteiger partial charge in [0.15, 0.2) is 0 Å². The number of aryl methyl sites for hydroxylation is 1. The fourth-order valence-electron chi connectivity index (χ4n) is 3.18. The molecule has 1 aliphatic heterocycles. The number of fused-ring (bicyclic) bond motifs is 1. The van der Waals surface area contributed by atoms with Crippen LogP contribution in [0.2, 0.25) is 0 Å². The van der Waals surface area contributed by atoms with Crippen LogP contribution in [-0.2, 0) is 0 Å². The lowest BCUT2D eigenvalue weighted by molar-refractivity contribution is 0.865. The average molecular weight is 385 g/mol. The molecule has 0 radical (unpaired) electrons. The smallest absolute Gasteiger partial charge is 0.323 e. The van der Waals surface area contributed by atoms with Gasteiger partial charge in [0, 0.05) is 31.2 Å². The van der Waals surface area contributed by atoms with Crippen molar-refractivity contribution in [3.05, 3.63) is 59.6 Å². The monoisotopic (exact) mass is 385 g/mol. The zero-order valence-corrected chi connectivity index (χ0v) is 16.4. The average Bonchev–Trinajstić information content (AvgIpc) is 3.31. The van der Waals surface area contributed by atoms with E-state index in [0.717, 1.165) is 30.0 Å².